The number of rotatable bonds is 26. The van der Waals surface area contributed by atoms with Crippen molar-refractivity contribution in [3.63, 3.8) is 0 Å². The van der Waals surface area contributed by atoms with Gasteiger partial charge in [-0.15, -0.1) is 0 Å². The van der Waals surface area contributed by atoms with Crippen LogP contribution < -0.4 is 32.0 Å². The van der Waals surface area contributed by atoms with Gasteiger partial charge in [-0.25, -0.2) is 19.8 Å². The van der Waals surface area contributed by atoms with Gasteiger partial charge in [-0.2, -0.15) is 5.10 Å². The molecule has 0 bridgehead atoms. The van der Waals surface area contributed by atoms with Crippen LogP contribution >= 0.6 is 0 Å². The molecule has 2 aliphatic carbocycles. The topological polar surface area (TPSA) is 258 Å². The average Bonchev–Trinajstić information content (AvgIpc) is 2.00. The molecule has 19 heteroatoms. The summed E-state index contributed by atoms with van der Waals surface area (Å²) in [6.07, 6.45) is 2.86. The molecule has 0 fully saturated rings. The minimum absolute atomic E-state index is 0.00441. The average molecular weight is 1150 g/mol. The summed E-state index contributed by atoms with van der Waals surface area (Å²) in [5, 5.41) is 17.0. The fraction of sp³-hybridized carbons (Fsp3) is 0.258. The molecule has 0 aromatic heterocycles. The molecule has 0 spiro atoms. The van der Waals surface area contributed by atoms with Crippen molar-refractivity contribution in [1.82, 2.24) is 32.0 Å². The van der Waals surface area contributed by atoms with E-state index in [0.29, 0.717) is 12.8 Å². The molecule has 85 heavy (non-hydrogen) atoms. The highest BCUT2D eigenvalue weighted by atomic mass is 16.6. The maximum absolute atomic E-state index is 13.5. The van der Waals surface area contributed by atoms with E-state index < -0.39 is 79.0 Å². The number of benzene rings is 6. The van der Waals surface area contributed by atoms with Crippen LogP contribution in [-0.4, -0.2) is 105 Å². The molecular formula is C66H69N7O12. The number of Topliss-reactive ketones (excluding diaryl/α,β-unsaturated/α-hetero) is 1. The normalized spacial score (nSPS) is 12.6. The highest BCUT2D eigenvalue weighted by Gasteiger charge is 2.33. The zero-order valence-electron chi connectivity index (χ0n) is 47.4. The second kappa shape index (κ2) is 31.9. The zero-order chi connectivity index (χ0) is 60.5. The Bertz CT molecular complexity index is 3240. The molecule has 6 aromatic carbocycles. The molecular weight excluding hydrogens is 1080 g/mol. The summed E-state index contributed by atoms with van der Waals surface area (Å²) in [7, 11) is 0. The second-order valence-electron chi connectivity index (χ2n) is 19.6. The number of urea groups is 1. The van der Waals surface area contributed by atoms with Crippen molar-refractivity contribution in [3.05, 3.63) is 216 Å². The van der Waals surface area contributed by atoms with Gasteiger partial charge in [0.25, 0.3) is 11.8 Å². The van der Waals surface area contributed by atoms with Crippen LogP contribution in [0.3, 0.4) is 0 Å². The molecule has 6 N–H and O–H groups in total. The summed E-state index contributed by atoms with van der Waals surface area (Å²) in [6, 6.07) is 47.5. The molecule has 0 saturated heterocycles. The lowest BCUT2D eigenvalue weighted by Gasteiger charge is -2.22. The predicted octanol–water partition coefficient (Wildman–Crippen LogP) is 9.09. The fourth-order valence-corrected chi connectivity index (χ4v) is 9.95. The number of carbonyl (C=O) groups excluding carboxylic acids is 8. The third-order valence-electron chi connectivity index (χ3n) is 13.9. The van der Waals surface area contributed by atoms with E-state index in [1.165, 1.54) is 12.2 Å². The highest BCUT2D eigenvalue weighted by Crippen LogP contribution is 2.45. The third kappa shape index (κ3) is 17.2. The summed E-state index contributed by atoms with van der Waals surface area (Å²) >= 11 is 0. The van der Waals surface area contributed by atoms with Crippen LogP contribution in [0, 0.1) is 0 Å². The lowest BCUT2D eigenvalue weighted by Crippen LogP contribution is -2.50. The number of hydrogen-bond donors (Lipinski definition) is 6. The Balaban J connectivity index is 0.000000264. The molecule has 2 atom stereocenters. The van der Waals surface area contributed by atoms with E-state index in [2.05, 4.69) is 50.3 Å². The standard InChI is InChI=1S/C40H41N5O6.C26H28N2O6/c1-3-15-34(42-40(49)51-26-33-31-22-13-11-20-29(31)30-21-12-14-23-32(30)33)37(38(47)41-25-35(46)50-24-4-2)44-45-39(48)43-36(27-16-7-5-8-17-27)28-18-9-6-10-19-28;1-3-9-22(24(30)25(31)27-15-23(29)33-14-4-2)28-26(32)34-16-21-19-12-7-5-10-17(19)18-11-6-8-13-20(18)21/h4-14,16-23,33-34,36H,2-3,15,24-26H2,1H3,(H,41,47)(H,42,49)(H2,43,45,48);4-8,10-13,21-22H,2-3,9,14-16H2,1H3,(H,27,31)(H,28,32)/t34-;22-/m00/s1. The first kappa shape index (κ1) is 62.4. The molecule has 6 aromatic rings. The molecule has 0 heterocycles. The van der Waals surface area contributed by atoms with E-state index in [1.54, 1.807) is 0 Å². The highest BCUT2D eigenvalue weighted by molar-refractivity contribution is 6.41. The number of nitrogens with one attached hydrogen (secondary N) is 6. The SMILES string of the molecule is C=CCOC(=O)CNC(=O)C(=NNC(=O)NC(c1ccccc1)c1ccccc1)[C@H](CCC)NC(=O)OCC1c2ccccc2-c2ccccc21.C=CCOC(=O)CNC(=O)C(=O)[C@H](CCC)NC(=O)OCC1c2ccccc2-c2ccccc21. The van der Waals surface area contributed by atoms with Crippen molar-refractivity contribution >= 4 is 53.5 Å². The first-order chi connectivity index (χ1) is 41.3. The van der Waals surface area contributed by atoms with Gasteiger partial charge in [0.2, 0.25) is 5.78 Å². The number of carbonyl (C=O) groups is 8. The number of hydrazone groups is 1. The molecule has 2 aliphatic rings. The third-order valence-corrected chi connectivity index (χ3v) is 13.9. The van der Waals surface area contributed by atoms with E-state index in [-0.39, 0.29) is 56.8 Å². The summed E-state index contributed by atoms with van der Waals surface area (Å²) in [5.41, 5.74) is 12.5. The Labute approximate surface area is 493 Å². The smallest absolute Gasteiger partial charge is 0.407 e. The first-order valence-corrected chi connectivity index (χ1v) is 28.0. The van der Waals surface area contributed by atoms with Gasteiger partial charge in [-0.05, 0) is 68.5 Å². The van der Waals surface area contributed by atoms with Crippen molar-refractivity contribution in [1.29, 1.82) is 0 Å². The summed E-state index contributed by atoms with van der Waals surface area (Å²) < 4.78 is 20.9. The van der Waals surface area contributed by atoms with Crippen LogP contribution in [0.1, 0.15) is 90.8 Å². The Morgan fingerprint density at radius 2 is 0.859 bits per heavy atom. The summed E-state index contributed by atoms with van der Waals surface area (Å²) in [4.78, 5) is 101. The summed E-state index contributed by atoms with van der Waals surface area (Å²) in [5.74, 6) is -4.30. The van der Waals surface area contributed by atoms with Crippen LogP contribution in [0.25, 0.3) is 22.3 Å². The van der Waals surface area contributed by atoms with Gasteiger partial charge in [0, 0.05) is 11.8 Å². The molecule has 6 amide bonds. The van der Waals surface area contributed by atoms with Gasteiger partial charge < -0.3 is 45.5 Å². The maximum Gasteiger partial charge on any atom is 0.407 e. The fourth-order valence-electron chi connectivity index (χ4n) is 9.95. The lowest BCUT2D eigenvalue weighted by molar-refractivity contribution is -0.144. The van der Waals surface area contributed by atoms with Crippen LogP contribution in [0.2, 0.25) is 0 Å². The minimum Gasteiger partial charge on any atom is -0.460 e. The number of alkyl carbamates (subject to hydrolysis) is 2. The quantitative estimate of drug-likeness (QED) is 0.00742. The lowest BCUT2D eigenvalue weighted by atomic mass is 9.98. The molecule has 19 nitrogen and oxygen atoms in total. The zero-order valence-corrected chi connectivity index (χ0v) is 47.4. The van der Waals surface area contributed by atoms with Crippen LogP contribution in [0.5, 0.6) is 0 Å². The van der Waals surface area contributed by atoms with Crippen molar-refractivity contribution < 1.29 is 57.3 Å². The monoisotopic (exact) mass is 1150 g/mol. The van der Waals surface area contributed by atoms with E-state index in [9.17, 15) is 38.4 Å². The van der Waals surface area contributed by atoms with Crippen molar-refractivity contribution in [2.24, 2.45) is 5.10 Å². The summed E-state index contributed by atoms with van der Waals surface area (Å²) in [6.45, 7) is 9.84. The van der Waals surface area contributed by atoms with Gasteiger partial charge in [0.1, 0.15) is 51.3 Å². The predicted molar refractivity (Wildman–Crippen MR) is 321 cm³/mol. The molecule has 440 valence electrons. The van der Waals surface area contributed by atoms with Gasteiger partial charge in [0.15, 0.2) is 0 Å². The molecule has 0 radical (unpaired) electrons. The van der Waals surface area contributed by atoms with Gasteiger partial charge >= 0.3 is 30.2 Å². The maximum atomic E-state index is 13.5. The van der Waals surface area contributed by atoms with E-state index in [1.807, 2.05) is 172 Å². The number of ether oxygens (including phenoxy) is 4. The Kier molecular flexibility index (Phi) is 23.4. The van der Waals surface area contributed by atoms with Crippen molar-refractivity contribution in [3.8, 4) is 22.3 Å². The molecule has 8 rings (SSSR count). The van der Waals surface area contributed by atoms with E-state index >= 15 is 0 Å². The molecule has 0 unspecified atom stereocenters. The Morgan fingerprint density at radius 1 is 0.482 bits per heavy atom. The van der Waals surface area contributed by atoms with Crippen LogP contribution in [0.4, 0.5) is 14.4 Å². The minimum atomic E-state index is -1.06. The van der Waals surface area contributed by atoms with Crippen molar-refractivity contribution in [2.45, 2.75) is 69.5 Å². The van der Waals surface area contributed by atoms with Crippen LogP contribution in [-0.2, 0) is 42.9 Å². The largest absolute Gasteiger partial charge is 0.460 e. The number of ketones is 1. The van der Waals surface area contributed by atoms with E-state index in [0.717, 1.165) is 55.6 Å². The van der Waals surface area contributed by atoms with Gasteiger partial charge in [0.05, 0.1) is 12.1 Å². The molecule has 0 saturated carbocycles. The van der Waals surface area contributed by atoms with E-state index in [4.69, 9.17) is 18.9 Å². The number of nitrogens with zero attached hydrogens (tertiary/aromatic N) is 1. The first-order valence-electron chi connectivity index (χ1n) is 28.0. The van der Waals surface area contributed by atoms with Gasteiger partial charge in [-0.3, -0.25) is 24.0 Å². The number of amides is 6. The van der Waals surface area contributed by atoms with Crippen molar-refractivity contribution in [2.75, 3.05) is 39.5 Å². The second-order valence-corrected chi connectivity index (χ2v) is 19.6. The number of fused-ring (bicyclic) bond motifs is 6. The number of hydrogen-bond acceptors (Lipinski definition) is 13. The molecule has 0 aliphatic heterocycles. The number of esters is 2. The van der Waals surface area contributed by atoms with Crippen LogP contribution in [0.15, 0.2) is 188 Å². The Morgan fingerprint density at radius 3 is 1.27 bits per heavy atom. The van der Waals surface area contributed by atoms with Gasteiger partial charge in [-0.1, -0.05) is 210 Å². The Hall–Kier alpha value is -10.2.